The molecule has 0 aromatic carbocycles. The summed E-state index contributed by atoms with van der Waals surface area (Å²) in [5.74, 6) is 0. The van der Waals surface area contributed by atoms with E-state index in [1.807, 2.05) is 0 Å². The van der Waals surface area contributed by atoms with Crippen molar-refractivity contribution < 1.29 is 35.6 Å². The van der Waals surface area contributed by atoms with Gasteiger partial charge in [-0.05, 0) is 27.7 Å². The summed E-state index contributed by atoms with van der Waals surface area (Å²) in [6.45, 7) is 6.46. The lowest BCUT2D eigenvalue weighted by atomic mass is 10.9. The first-order valence-corrected chi connectivity index (χ1v) is 11.9. The summed E-state index contributed by atoms with van der Waals surface area (Å²) in [6.07, 6.45) is 0. The molecule has 11 heteroatoms. The van der Waals surface area contributed by atoms with E-state index in [0.717, 1.165) is 0 Å². The smallest absolute Gasteiger partial charge is 0.308 e. The second-order valence-electron chi connectivity index (χ2n) is 3.89. The number of sulfone groups is 1. The van der Waals surface area contributed by atoms with E-state index in [2.05, 4.69) is 0 Å². The zero-order chi connectivity index (χ0) is 16.6. The quantitative estimate of drug-likeness (QED) is 0.486. The van der Waals surface area contributed by atoms with Gasteiger partial charge in [-0.1, -0.05) is 0 Å². The first kappa shape index (κ1) is 21.2. The van der Waals surface area contributed by atoms with Crippen molar-refractivity contribution in [1.29, 1.82) is 0 Å². The predicted molar refractivity (Wildman–Crippen MR) is 80.4 cm³/mol. The van der Waals surface area contributed by atoms with Crippen LogP contribution in [0.1, 0.15) is 27.7 Å². The van der Waals surface area contributed by atoms with Crippen molar-refractivity contribution in [3.8, 4) is 0 Å². The molecule has 8 nitrogen and oxygen atoms in total. The highest BCUT2D eigenvalue weighted by Crippen LogP contribution is 2.54. The SMILES string of the molecule is CCOP(=O)(CS(=O)(=O)CP(=O)(OCC)OCC)OCC. The molecule has 0 spiro atoms. The Morgan fingerprint density at radius 3 is 1.10 bits per heavy atom. The lowest BCUT2D eigenvalue weighted by molar-refractivity contribution is 0.223. The van der Waals surface area contributed by atoms with Crippen LogP contribution in [0.3, 0.4) is 0 Å². The maximum absolute atomic E-state index is 12.2. The average Bonchev–Trinajstić information content (AvgIpc) is 2.27. The summed E-state index contributed by atoms with van der Waals surface area (Å²) < 4.78 is 68.4. The van der Waals surface area contributed by atoms with Crippen LogP contribution >= 0.6 is 15.2 Å². The van der Waals surface area contributed by atoms with Crippen LogP contribution in [0.25, 0.3) is 0 Å². The standard InChI is InChI=1S/C10H24O8P2S/c1-5-15-19(11,16-6-2)9-21(13,14)10-20(12,17-7-3)18-8-4/h5-10H2,1-4H3. The third kappa shape index (κ3) is 8.45. The lowest BCUT2D eigenvalue weighted by Gasteiger charge is -2.20. The third-order valence-corrected chi connectivity index (χ3v) is 10.3. The van der Waals surface area contributed by atoms with Gasteiger partial charge in [0.15, 0.2) is 20.8 Å². The van der Waals surface area contributed by atoms with Crippen LogP contribution in [0.2, 0.25) is 0 Å². The van der Waals surface area contributed by atoms with Crippen molar-refractivity contribution in [2.45, 2.75) is 27.7 Å². The summed E-state index contributed by atoms with van der Waals surface area (Å²) in [7, 11) is -11.6. The molecule has 0 aliphatic heterocycles. The Balaban J connectivity index is 5.11. The van der Waals surface area contributed by atoms with Crippen LogP contribution in [-0.4, -0.2) is 45.8 Å². The second-order valence-corrected chi connectivity index (χ2v) is 10.9. The van der Waals surface area contributed by atoms with Crippen molar-refractivity contribution in [2.24, 2.45) is 0 Å². The van der Waals surface area contributed by atoms with Crippen LogP contribution < -0.4 is 0 Å². The second kappa shape index (κ2) is 9.40. The molecule has 0 aromatic heterocycles. The Morgan fingerprint density at radius 1 is 0.667 bits per heavy atom. The van der Waals surface area contributed by atoms with Gasteiger partial charge in [-0.2, -0.15) is 0 Å². The highest BCUT2D eigenvalue weighted by Gasteiger charge is 2.38. The van der Waals surface area contributed by atoms with E-state index in [1.54, 1.807) is 27.7 Å². The Labute approximate surface area is 126 Å². The van der Waals surface area contributed by atoms with Gasteiger partial charge in [-0.25, -0.2) is 8.42 Å². The molecule has 0 aromatic rings. The van der Waals surface area contributed by atoms with Gasteiger partial charge in [0.05, 0.1) is 26.4 Å². The normalized spacial score (nSPS) is 13.5. The van der Waals surface area contributed by atoms with Crippen LogP contribution in [0, 0.1) is 0 Å². The van der Waals surface area contributed by atoms with E-state index in [1.165, 1.54) is 0 Å². The molecular formula is C10H24O8P2S. The molecule has 0 aliphatic rings. The van der Waals surface area contributed by atoms with Gasteiger partial charge >= 0.3 is 15.2 Å². The van der Waals surface area contributed by atoms with Gasteiger partial charge in [-0.15, -0.1) is 0 Å². The van der Waals surface area contributed by atoms with Crippen molar-refractivity contribution in [3.63, 3.8) is 0 Å². The molecule has 0 radical (unpaired) electrons. The van der Waals surface area contributed by atoms with Gasteiger partial charge in [0.2, 0.25) is 0 Å². The van der Waals surface area contributed by atoms with Gasteiger partial charge in [0, 0.05) is 0 Å². The third-order valence-electron chi connectivity index (χ3n) is 2.01. The van der Waals surface area contributed by atoms with Gasteiger partial charge in [0.25, 0.3) is 0 Å². The fourth-order valence-electron chi connectivity index (χ4n) is 1.53. The Hall–Kier alpha value is 0.250. The maximum Gasteiger partial charge on any atom is 0.345 e. The monoisotopic (exact) mass is 366 g/mol. The van der Waals surface area contributed by atoms with Crippen LogP contribution in [0.15, 0.2) is 0 Å². The zero-order valence-electron chi connectivity index (χ0n) is 12.8. The fourth-order valence-corrected chi connectivity index (χ4v) is 9.36. The summed E-state index contributed by atoms with van der Waals surface area (Å²) in [5.41, 5.74) is -1.71. The average molecular weight is 366 g/mol. The molecule has 0 rings (SSSR count). The van der Waals surface area contributed by atoms with Gasteiger partial charge < -0.3 is 18.1 Å². The molecule has 0 amide bonds. The number of rotatable bonds is 12. The first-order valence-electron chi connectivity index (χ1n) is 6.62. The van der Waals surface area contributed by atoms with E-state index in [-0.39, 0.29) is 26.4 Å². The van der Waals surface area contributed by atoms with Crippen molar-refractivity contribution in [3.05, 3.63) is 0 Å². The predicted octanol–water partition coefficient (Wildman–Crippen LogP) is 2.85. The van der Waals surface area contributed by atoms with Crippen LogP contribution in [0.4, 0.5) is 0 Å². The minimum atomic E-state index is -4.01. The number of hydrogen-bond acceptors (Lipinski definition) is 8. The van der Waals surface area contributed by atoms with E-state index in [0.29, 0.717) is 0 Å². The Bertz CT molecular complexity index is 431. The van der Waals surface area contributed by atoms with E-state index in [4.69, 9.17) is 18.1 Å². The van der Waals surface area contributed by atoms with E-state index >= 15 is 0 Å². The molecule has 0 N–H and O–H groups in total. The highest BCUT2D eigenvalue weighted by molar-refractivity contribution is 8.02. The Kier molecular flexibility index (Phi) is 9.51. The van der Waals surface area contributed by atoms with E-state index < -0.39 is 36.0 Å². The molecule has 0 bridgehead atoms. The summed E-state index contributed by atoms with van der Waals surface area (Å²) >= 11 is 0. The highest BCUT2D eigenvalue weighted by atomic mass is 32.2. The summed E-state index contributed by atoms with van der Waals surface area (Å²) in [6, 6.07) is 0. The first-order chi connectivity index (χ1) is 9.66. The lowest BCUT2D eigenvalue weighted by Crippen LogP contribution is -2.16. The van der Waals surface area contributed by atoms with E-state index in [9.17, 15) is 17.5 Å². The molecule has 0 saturated heterocycles. The molecule has 0 saturated carbocycles. The minimum absolute atomic E-state index is 0.0430. The number of hydrogen-bond donors (Lipinski definition) is 0. The van der Waals surface area contributed by atoms with Crippen LogP contribution in [-0.2, 0) is 37.1 Å². The van der Waals surface area contributed by atoms with Gasteiger partial charge in [-0.3, -0.25) is 9.13 Å². The van der Waals surface area contributed by atoms with Crippen molar-refractivity contribution in [2.75, 3.05) is 37.4 Å². The Morgan fingerprint density at radius 2 is 0.905 bits per heavy atom. The van der Waals surface area contributed by atoms with Crippen LogP contribution in [0.5, 0.6) is 0 Å². The maximum atomic E-state index is 12.2. The minimum Gasteiger partial charge on any atom is -0.308 e. The molecule has 0 atom stereocenters. The van der Waals surface area contributed by atoms with Gasteiger partial charge in [0.1, 0.15) is 0 Å². The molecule has 0 aliphatic carbocycles. The summed E-state index contributed by atoms with van der Waals surface area (Å²) in [5, 5.41) is 0. The van der Waals surface area contributed by atoms with Crippen molar-refractivity contribution >= 4 is 25.0 Å². The largest absolute Gasteiger partial charge is 0.345 e. The summed E-state index contributed by atoms with van der Waals surface area (Å²) in [4.78, 5) is 0. The molecular weight excluding hydrogens is 342 g/mol. The topological polar surface area (TPSA) is 105 Å². The zero-order valence-corrected chi connectivity index (χ0v) is 15.4. The van der Waals surface area contributed by atoms with Crippen molar-refractivity contribution in [1.82, 2.24) is 0 Å². The molecule has 21 heavy (non-hydrogen) atoms. The molecule has 0 unspecified atom stereocenters. The molecule has 128 valence electrons. The molecule has 0 heterocycles. The fraction of sp³-hybridized carbons (Fsp3) is 1.00. The molecule has 0 fully saturated rings.